The monoisotopic (exact) mass is 537 g/mol. The molecule has 1 atom stereocenters. The first-order chi connectivity index (χ1) is 19.4. The van der Waals surface area contributed by atoms with Gasteiger partial charge in [-0.25, -0.2) is 13.9 Å². The standard InChI is InChI=1S/C32H32FN5O2/c1-18-24-5-3-2-4-20(24)10-11-37(18)32(40)28-16-29(21-6-7-21)38-31(35-28)17-27(36-38)25-9-8-22(15-26(25)33)23-12-19(13-23)14-30(34)39/h2-5,8-9,15-19,21,23H,6-7,10-14H2,1H3,(H2,34,39)/t18-,19-,23+/m1/s1. The van der Waals surface area contributed by atoms with Crippen molar-refractivity contribution in [3.8, 4) is 11.3 Å². The van der Waals surface area contributed by atoms with Crippen molar-refractivity contribution in [1.29, 1.82) is 0 Å². The molecular formula is C32H32FN5O2. The summed E-state index contributed by atoms with van der Waals surface area (Å²) in [7, 11) is 0. The maximum Gasteiger partial charge on any atom is 0.273 e. The van der Waals surface area contributed by atoms with Gasteiger partial charge in [-0.05, 0) is 85.8 Å². The van der Waals surface area contributed by atoms with Crippen molar-refractivity contribution in [2.75, 3.05) is 6.54 Å². The SMILES string of the molecule is C[C@@H]1c2ccccc2CCN1C(=O)c1cc(C2CC2)n2nc(-c3ccc([C@H]4C[C@@H](CC(N)=O)C4)cc3F)cc2n1. The molecular weight excluding hydrogens is 505 g/mol. The third kappa shape index (κ3) is 4.35. The van der Waals surface area contributed by atoms with Gasteiger partial charge >= 0.3 is 0 Å². The van der Waals surface area contributed by atoms with Crippen LogP contribution in [0.1, 0.15) is 89.8 Å². The van der Waals surface area contributed by atoms with E-state index in [2.05, 4.69) is 19.1 Å². The zero-order valence-corrected chi connectivity index (χ0v) is 22.5. The minimum atomic E-state index is -0.329. The largest absolute Gasteiger partial charge is 0.370 e. The first kappa shape index (κ1) is 24.9. The van der Waals surface area contributed by atoms with Crippen LogP contribution in [-0.4, -0.2) is 37.9 Å². The molecule has 204 valence electrons. The number of amides is 2. The summed E-state index contributed by atoms with van der Waals surface area (Å²) in [4.78, 5) is 31.6. The van der Waals surface area contributed by atoms with Crippen molar-refractivity contribution in [3.05, 3.63) is 88.5 Å². The molecule has 0 saturated heterocycles. The van der Waals surface area contributed by atoms with E-state index in [9.17, 15) is 9.59 Å². The molecule has 0 bridgehead atoms. The van der Waals surface area contributed by atoms with Crippen LogP contribution in [0.4, 0.5) is 4.39 Å². The lowest BCUT2D eigenvalue weighted by Crippen LogP contribution is -2.39. The van der Waals surface area contributed by atoms with Crippen LogP contribution in [0.2, 0.25) is 0 Å². The lowest BCUT2D eigenvalue weighted by atomic mass is 9.70. The van der Waals surface area contributed by atoms with Gasteiger partial charge in [-0.2, -0.15) is 5.10 Å². The highest BCUT2D eigenvalue weighted by atomic mass is 19.1. The van der Waals surface area contributed by atoms with Gasteiger partial charge in [0.25, 0.3) is 5.91 Å². The van der Waals surface area contributed by atoms with Gasteiger partial charge in [-0.1, -0.05) is 30.3 Å². The van der Waals surface area contributed by atoms with Crippen molar-refractivity contribution in [2.45, 2.75) is 63.3 Å². The van der Waals surface area contributed by atoms with E-state index in [1.54, 1.807) is 22.7 Å². The summed E-state index contributed by atoms with van der Waals surface area (Å²) in [5.74, 6) is 0.161. The Morgan fingerprint density at radius 1 is 1.05 bits per heavy atom. The smallest absolute Gasteiger partial charge is 0.273 e. The molecule has 7 nitrogen and oxygen atoms in total. The number of carbonyl (C=O) groups excluding carboxylic acids is 2. The molecule has 3 aliphatic rings. The molecule has 7 rings (SSSR count). The molecule has 2 saturated carbocycles. The number of aromatic nitrogens is 3. The summed E-state index contributed by atoms with van der Waals surface area (Å²) in [6.45, 7) is 2.72. The van der Waals surface area contributed by atoms with Gasteiger partial charge in [0.15, 0.2) is 5.65 Å². The average Bonchev–Trinajstić information content (AvgIpc) is 3.68. The summed E-state index contributed by atoms with van der Waals surface area (Å²) in [6, 6.07) is 17.2. The number of hydrogen-bond acceptors (Lipinski definition) is 4. The number of benzene rings is 2. The fourth-order valence-electron chi connectivity index (χ4n) is 6.56. The lowest BCUT2D eigenvalue weighted by Gasteiger charge is -2.35. The predicted octanol–water partition coefficient (Wildman–Crippen LogP) is 5.54. The number of rotatable bonds is 6. The highest BCUT2D eigenvalue weighted by molar-refractivity contribution is 5.93. The molecule has 2 amide bonds. The molecule has 2 fully saturated rings. The third-order valence-electron chi connectivity index (χ3n) is 8.99. The van der Waals surface area contributed by atoms with Crippen LogP contribution in [0.3, 0.4) is 0 Å². The first-order valence-electron chi connectivity index (χ1n) is 14.2. The second kappa shape index (κ2) is 9.54. The quantitative estimate of drug-likeness (QED) is 0.349. The average molecular weight is 538 g/mol. The zero-order valence-electron chi connectivity index (χ0n) is 22.5. The Labute approximate surface area is 232 Å². The number of nitrogens with two attached hydrogens (primary N) is 1. The molecule has 2 aliphatic carbocycles. The highest BCUT2D eigenvalue weighted by Gasteiger charge is 2.34. The van der Waals surface area contributed by atoms with Crippen molar-refractivity contribution in [1.82, 2.24) is 19.5 Å². The lowest BCUT2D eigenvalue weighted by molar-refractivity contribution is -0.119. The molecule has 4 aromatic rings. The molecule has 0 spiro atoms. The first-order valence-corrected chi connectivity index (χ1v) is 14.2. The van der Waals surface area contributed by atoms with Gasteiger partial charge in [-0.3, -0.25) is 9.59 Å². The number of halogens is 1. The number of hydrogen-bond donors (Lipinski definition) is 1. The number of primary amides is 1. The highest BCUT2D eigenvalue weighted by Crippen LogP contribution is 2.44. The van der Waals surface area contributed by atoms with E-state index >= 15 is 4.39 Å². The second-order valence-electron chi connectivity index (χ2n) is 11.7. The van der Waals surface area contributed by atoms with Crippen LogP contribution < -0.4 is 5.73 Å². The van der Waals surface area contributed by atoms with E-state index in [-0.39, 0.29) is 35.5 Å². The fourth-order valence-corrected chi connectivity index (χ4v) is 6.56. The zero-order chi connectivity index (χ0) is 27.5. The summed E-state index contributed by atoms with van der Waals surface area (Å²) < 4.78 is 17.2. The van der Waals surface area contributed by atoms with Gasteiger partial charge in [0, 0.05) is 36.2 Å². The van der Waals surface area contributed by atoms with Crippen LogP contribution in [0.5, 0.6) is 0 Å². The predicted molar refractivity (Wildman–Crippen MR) is 149 cm³/mol. The minimum Gasteiger partial charge on any atom is -0.370 e. The van der Waals surface area contributed by atoms with Crippen LogP contribution in [0.15, 0.2) is 54.6 Å². The van der Waals surface area contributed by atoms with Crippen LogP contribution >= 0.6 is 0 Å². The van der Waals surface area contributed by atoms with Gasteiger partial charge in [-0.15, -0.1) is 0 Å². The maximum absolute atomic E-state index is 15.4. The third-order valence-corrected chi connectivity index (χ3v) is 8.99. The number of nitrogens with zero attached hydrogens (tertiary/aromatic N) is 4. The van der Waals surface area contributed by atoms with Crippen molar-refractivity contribution < 1.29 is 14.0 Å². The summed E-state index contributed by atoms with van der Waals surface area (Å²) in [5, 5.41) is 4.75. The fraction of sp³-hybridized carbons (Fsp3) is 0.375. The Kier molecular flexibility index (Phi) is 5.95. The van der Waals surface area contributed by atoms with Crippen molar-refractivity contribution in [3.63, 3.8) is 0 Å². The Morgan fingerprint density at radius 3 is 2.60 bits per heavy atom. The molecule has 0 unspecified atom stereocenters. The minimum absolute atomic E-state index is 0.0327. The number of fused-ring (bicyclic) bond motifs is 2. The molecule has 2 aromatic heterocycles. The molecule has 3 heterocycles. The van der Waals surface area contributed by atoms with Crippen LogP contribution in [-0.2, 0) is 11.2 Å². The second-order valence-corrected chi connectivity index (χ2v) is 11.7. The Hall–Kier alpha value is -4.07. The molecule has 8 heteroatoms. The van der Waals surface area contributed by atoms with Gasteiger partial charge < -0.3 is 10.6 Å². The summed E-state index contributed by atoms with van der Waals surface area (Å²) >= 11 is 0. The summed E-state index contributed by atoms with van der Waals surface area (Å²) in [6.07, 6.45) is 4.99. The van der Waals surface area contributed by atoms with E-state index in [0.29, 0.717) is 41.5 Å². The van der Waals surface area contributed by atoms with E-state index in [4.69, 9.17) is 15.8 Å². The van der Waals surface area contributed by atoms with E-state index in [1.807, 2.05) is 29.2 Å². The van der Waals surface area contributed by atoms with E-state index in [0.717, 1.165) is 43.4 Å². The maximum atomic E-state index is 15.4. The van der Waals surface area contributed by atoms with Crippen LogP contribution in [0.25, 0.3) is 16.9 Å². The summed E-state index contributed by atoms with van der Waals surface area (Å²) in [5.41, 5.74) is 11.6. The topological polar surface area (TPSA) is 93.6 Å². The molecule has 2 N–H and O–H groups in total. The molecule has 0 radical (unpaired) electrons. The van der Waals surface area contributed by atoms with Crippen molar-refractivity contribution >= 4 is 17.5 Å². The van der Waals surface area contributed by atoms with Crippen LogP contribution in [0, 0.1) is 11.7 Å². The Bertz CT molecular complexity index is 1650. The van der Waals surface area contributed by atoms with Gasteiger partial charge in [0.05, 0.1) is 11.7 Å². The van der Waals surface area contributed by atoms with Crippen molar-refractivity contribution in [2.24, 2.45) is 11.7 Å². The van der Waals surface area contributed by atoms with E-state index in [1.165, 1.54) is 11.1 Å². The Balaban J connectivity index is 1.18. The van der Waals surface area contributed by atoms with Gasteiger partial charge in [0.2, 0.25) is 5.91 Å². The van der Waals surface area contributed by atoms with E-state index < -0.39 is 0 Å². The molecule has 1 aliphatic heterocycles. The number of carbonyl (C=O) groups is 2. The Morgan fingerprint density at radius 2 is 1.85 bits per heavy atom. The normalized spacial score (nSPS) is 22.1. The van der Waals surface area contributed by atoms with Gasteiger partial charge in [0.1, 0.15) is 11.5 Å². The molecule has 2 aromatic carbocycles. The molecule has 40 heavy (non-hydrogen) atoms.